The number of carbonyl (C=O) groups excluding carboxylic acids is 1. The summed E-state index contributed by atoms with van der Waals surface area (Å²) in [6.07, 6.45) is 0. The molecule has 3 aromatic rings. The molecule has 0 saturated carbocycles. The number of aromatic nitrogens is 3. The standard InChI is InChI=1S/C19H21N5O2/c1-12-9-13(2)20-18(12)19(25)21-16-11-17-23(7-8-24(17)22-16)14-5-4-6-15(10-14)26-3/h4-6,9-11,20H,7-8H2,1-3H3,(H,21,22,25). The summed E-state index contributed by atoms with van der Waals surface area (Å²) in [5.74, 6) is 2.13. The Morgan fingerprint density at radius 2 is 2.08 bits per heavy atom. The summed E-state index contributed by atoms with van der Waals surface area (Å²) in [5, 5.41) is 7.39. The van der Waals surface area contributed by atoms with Crippen LogP contribution in [0.1, 0.15) is 21.7 Å². The third-order valence-corrected chi connectivity index (χ3v) is 4.55. The molecule has 0 fully saturated rings. The number of methoxy groups -OCH3 is 1. The van der Waals surface area contributed by atoms with Gasteiger partial charge in [-0.15, -0.1) is 0 Å². The molecule has 7 heteroatoms. The van der Waals surface area contributed by atoms with E-state index in [1.54, 1.807) is 7.11 Å². The second kappa shape index (κ2) is 6.25. The summed E-state index contributed by atoms with van der Waals surface area (Å²) < 4.78 is 7.22. The quantitative estimate of drug-likeness (QED) is 0.757. The van der Waals surface area contributed by atoms with E-state index in [4.69, 9.17) is 4.74 Å². The molecule has 134 valence electrons. The summed E-state index contributed by atoms with van der Waals surface area (Å²) >= 11 is 0. The number of hydrogen-bond donors (Lipinski definition) is 2. The molecule has 1 amide bonds. The van der Waals surface area contributed by atoms with Gasteiger partial charge in [-0.25, -0.2) is 4.68 Å². The highest BCUT2D eigenvalue weighted by atomic mass is 16.5. The van der Waals surface area contributed by atoms with Crippen molar-refractivity contribution in [3.05, 3.63) is 53.3 Å². The van der Waals surface area contributed by atoms with Crippen LogP contribution in [0.25, 0.3) is 0 Å². The second-order valence-corrected chi connectivity index (χ2v) is 6.43. The van der Waals surface area contributed by atoms with Gasteiger partial charge < -0.3 is 19.9 Å². The van der Waals surface area contributed by atoms with E-state index in [0.29, 0.717) is 11.5 Å². The predicted octanol–water partition coefficient (Wildman–Crippen LogP) is 3.24. The number of benzene rings is 1. The first-order chi connectivity index (χ1) is 12.5. The Balaban J connectivity index is 1.57. The van der Waals surface area contributed by atoms with Gasteiger partial charge in [-0.05, 0) is 37.6 Å². The highest BCUT2D eigenvalue weighted by molar-refractivity contribution is 6.03. The van der Waals surface area contributed by atoms with Crippen LogP contribution in [-0.2, 0) is 6.54 Å². The molecule has 1 aliphatic rings. The zero-order valence-corrected chi connectivity index (χ0v) is 15.0. The maximum absolute atomic E-state index is 12.5. The van der Waals surface area contributed by atoms with E-state index in [0.717, 1.165) is 41.6 Å². The molecule has 2 N–H and O–H groups in total. The maximum Gasteiger partial charge on any atom is 0.273 e. The predicted molar refractivity (Wildman–Crippen MR) is 100 cm³/mol. The number of aryl methyl sites for hydroxylation is 2. The average molecular weight is 351 g/mol. The van der Waals surface area contributed by atoms with Crippen LogP contribution in [-0.4, -0.2) is 34.3 Å². The zero-order chi connectivity index (χ0) is 18.3. The molecule has 0 radical (unpaired) electrons. The molecular formula is C19H21N5O2. The fourth-order valence-electron chi connectivity index (χ4n) is 3.34. The molecule has 0 bridgehead atoms. The number of amides is 1. The van der Waals surface area contributed by atoms with Crippen LogP contribution in [0.3, 0.4) is 0 Å². The van der Waals surface area contributed by atoms with Gasteiger partial charge in [0, 0.05) is 30.1 Å². The van der Waals surface area contributed by atoms with Gasteiger partial charge in [-0.3, -0.25) is 4.79 Å². The lowest BCUT2D eigenvalue weighted by Crippen LogP contribution is -2.15. The molecule has 1 aliphatic heterocycles. The van der Waals surface area contributed by atoms with E-state index in [1.807, 2.05) is 54.9 Å². The van der Waals surface area contributed by atoms with Crippen LogP contribution in [0, 0.1) is 13.8 Å². The third-order valence-electron chi connectivity index (χ3n) is 4.55. The van der Waals surface area contributed by atoms with Crippen molar-refractivity contribution in [1.82, 2.24) is 14.8 Å². The Morgan fingerprint density at radius 1 is 1.23 bits per heavy atom. The molecular weight excluding hydrogens is 330 g/mol. The molecule has 0 saturated heterocycles. The third kappa shape index (κ3) is 2.81. The number of anilines is 3. The van der Waals surface area contributed by atoms with Gasteiger partial charge in [0.05, 0.1) is 13.7 Å². The molecule has 0 aliphatic carbocycles. The van der Waals surface area contributed by atoms with E-state index in [9.17, 15) is 4.79 Å². The van der Waals surface area contributed by atoms with E-state index in [1.165, 1.54) is 0 Å². The molecule has 3 heterocycles. The number of hydrogen-bond acceptors (Lipinski definition) is 4. The number of H-pyrrole nitrogens is 1. The fraction of sp³-hybridized carbons (Fsp3) is 0.263. The lowest BCUT2D eigenvalue weighted by Gasteiger charge is -2.17. The number of rotatable bonds is 4. The van der Waals surface area contributed by atoms with Gasteiger partial charge in [0.25, 0.3) is 5.91 Å². The highest BCUT2D eigenvalue weighted by Gasteiger charge is 2.24. The number of carbonyl (C=O) groups is 1. The van der Waals surface area contributed by atoms with Crippen LogP contribution in [0.2, 0.25) is 0 Å². The summed E-state index contributed by atoms with van der Waals surface area (Å²) in [5.41, 5.74) is 3.49. The number of nitrogens with zero attached hydrogens (tertiary/aromatic N) is 3. The second-order valence-electron chi connectivity index (χ2n) is 6.43. The van der Waals surface area contributed by atoms with Crippen molar-refractivity contribution in [2.24, 2.45) is 0 Å². The first-order valence-electron chi connectivity index (χ1n) is 8.52. The molecule has 4 rings (SSSR count). The number of aromatic amines is 1. The Bertz CT molecular complexity index is 972. The first-order valence-corrected chi connectivity index (χ1v) is 8.52. The van der Waals surface area contributed by atoms with Crippen molar-refractivity contribution >= 4 is 23.2 Å². The van der Waals surface area contributed by atoms with Crippen molar-refractivity contribution in [2.45, 2.75) is 20.4 Å². The van der Waals surface area contributed by atoms with Gasteiger partial charge in [0.15, 0.2) is 5.82 Å². The van der Waals surface area contributed by atoms with E-state index >= 15 is 0 Å². The van der Waals surface area contributed by atoms with Gasteiger partial charge in [-0.2, -0.15) is 5.10 Å². The summed E-state index contributed by atoms with van der Waals surface area (Å²) in [4.78, 5) is 17.7. The Labute approximate surface area is 151 Å². The maximum atomic E-state index is 12.5. The summed E-state index contributed by atoms with van der Waals surface area (Å²) in [6.45, 7) is 5.44. The molecule has 26 heavy (non-hydrogen) atoms. The van der Waals surface area contributed by atoms with E-state index in [2.05, 4.69) is 20.3 Å². The minimum atomic E-state index is -0.180. The van der Waals surface area contributed by atoms with Crippen molar-refractivity contribution in [3.63, 3.8) is 0 Å². The average Bonchev–Trinajstić information content (AvgIpc) is 3.28. The number of fused-ring (bicyclic) bond motifs is 1. The van der Waals surface area contributed by atoms with Crippen molar-refractivity contribution in [3.8, 4) is 5.75 Å². The van der Waals surface area contributed by atoms with Crippen LogP contribution < -0.4 is 15.0 Å². The Hall–Kier alpha value is -3.22. The van der Waals surface area contributed by atoms with Crippen molar-refractivity contribution < 1.29 is 9.53 Å². The van der Waals surface area contributed by atoms with E-state index < -0.39 is 0 Å². The van der Waals surface area contributed by atoms with Crippen LogP contribution in [0.4, 0.5) is 17.3 Å². The lowest BCUT2D eigenvalue weighted by atomic mass is 10.2. The number of ether oxygens (including phenoxy) is 1. The first kappa shape index (κ1) is 16.3. The van der Waals surface area contributed by atoms with Gasteiger partial charge in [0.2, 0.25) is 0 Å². The normalized spacial score (nSPS) is 13.0. The Morgan fingerprint density at radius 3 is 2.81 bits per heavy atom. The van der Waals surface area contributed by atoms with Crippen molar-refractivity contribution in [1.29, 1.82) is 0 Å². The molecule has 0 unspecified atom stereocenters. The molecule has 0 atom stereocenters. The van der Waals surface area contributed by atoms with Gasteiger partial charge in [-0.1, -0.05) is 6.07 Å². The minimum absolute atomic E-state index is 0.180. The number of nitrogens with one attached hydrogen (secondary N) is 2. The van der Waals surface area contributed by atoms with Crippen LogP contribution in [0.15, 0.2) is 36.4 Å². The minimum Gasteiger partial charge on any atom is -0.497 e. The van der Waals surface area contributed by atoms with E-state index in [-0.39, 0.29) is 5.91 Å². The largest absolute Gasteiger partial charge is 0.497 e. The molecule has 2 aromatic heterocycles. The monoisotopic (exact) mass is 351 g/mol. The van der Waals surface area contributed by atoms with Gasteiger partial charge >= 0.3 is 0 Å². The molecule has 0 spiro atoms. The Kier molecular flexibility index (Phi) is 3.91. The highest BCUT2D eigenvalue weighted by Crippen LogP contribution is 2.33. The van der Waals surface area contributed by atoms with Crippen molar-refractivity contribution in [2.75, 3.05) is 23.9 Å². The topological polar surface area (TPSA) is 75.2 Å². The summed E-state index contributed by atoms with van der Waals surface area (Å²) in [7, 11) is 1.66. The fourth-order valence-corrected chi connectivity index (χ4v) is 3.34. The van der Waals surface area contributed by atoms with Crippen LogP contribution >= 0.6 is 0 Å². The lowest BCUT2D eigenvalue weighted by molar-refractivity contribution is 0.102. The smallest absolute Gasteiger partial charge is 0.273 e. The summed E-state index contributed by atoms with van der Waals surface area (Å²) in [6, 6.07) is 11.8. The van der Waals surface area contributed by atoms with Crippen LogP contribution in [0.5, 0.6) is 5.75 Å². The van der Waals surface area contributed by atoms with Gasteiger partial charge in [0.1, 0.15) is 17.3 Å². The molecule has 7 nitrogen and oxygen atoms in total. The molecule has 1 aromatic carbocycles. The zero-order valence-electron chi connectivity index (χ0n) is 15.0. The SMILES string of the molecule is COc1cccc(N2CCn3nc(NC(=O)c4[nH]c(C)cc4C)cc32)c1.